The zero-order chi connectivity index (χ0) is 15.5. The van der Waals surface area contributed by atoms with E-state index in [1.165, 1.54) is 0 Å². The Morgan fingerprint density at radius 1 is 1.45 bits per heavy atom. The number of carbonyl (C=O) groups is 1. The summed E-state index contributed by atoms with van der Waals surface area (Å²) in [5.74, 6) is 0.648. The van der Waals surface area contributed by atoms with Gasteiger partial charge in [-0.25, -0.2) is 9.97 Å². The second-order valence-electron chi connectivity index (χ2n) is 5.40. The van der Waals surface area contributed by atoms with Crippen molar-refractivity contribution in [2.75, 3.05) is 24.6 Å². The third-order valence-corrected chi connectivity index (χ3v) is 4.15. The van der Waals surface area contributed by atoms with Crippen molar-refractivity contribution in [3.8, 4) is 0 Å². The fourth-order valence-corrected chi connectivity index (χ4v) is 3.06. The number of esters is 1. The maximum atomic E-state index is 12.0. The number of rotatable bonds is 3. The van der Waals surface area contributed by atoms with Gasteiger partial charge in [0.1, 0.15) is 12.1 Å². The number of nitrogens with zero attached hydrogens (tertiary/aromatic N) is 3. The van der Waals surface area contributed by atoms with Crippen LogP contribution in [0.25, 0.3) is 10.9 Å². The minimum atomic E-state index is -0.117. The van der Waals surface area contributed by atoms with Crippen molar-refractivity contribution in [3.63, 3.8) is 0 Å². The van der Waals surface area contributed by atoms with Crippen LogP contribution in [0.4, 0.5) is 5.82 Å². The van der Waals surface area contributed by atoms with E-state index in [-0.39, 0.29) is 11.9 Å². The maximum absolute atomic E-state index is 12.0. The van der Waals surface area contributed by atoms with Crippen molar-refractivity contribution in [2.24, 2.45) is 5.92 Å². The summed E-state index contributed by atoms with van der Waals surface area (Å²) in [5, 5.41) is 1.61. The Bertz CT molecular complexity index is 692. The third kappa shape index (κ3) is 2.99. The first kappa shape index (κ1) is 15.0. The number of halogens is 1. The first-order chi connectivity index (χ1) is 10.7. The first-order valence-corrected chi connectivity index (χ1v) is 7.88. The summed E-state index contributed by atoms with van der Waals surface area (Å²) in [7, 11) is 0. The van der Waals surface area contributed by atoms with E-state index >= 15 is 0 Å². The number of fused-ring (bicyclic) bond motifs is 1. The smallest absolute Gasteiger partial charge is 0.310 e. The van der Waals surface area contributed by atoms with E-state index < -0.39 is 0 Å². The van der Waals surface area contributed by atoms with Gasteiger partial charge in [0.15, 0.2) is 0 Å². The van der Waals surface area contributed by atoms with Crippen molar-refractivity contribution in [2.45, 2.75) is 19.8 Å². The lowest BCUT2D eigenvalue weighted by atomic mass is 9.98. The van der Waals surface area contributed by atoms with Crippen molar-refractivity contribution in [1.82, 2.24) is 9.97 Å². The van der Waals surface area contributed by atoms with Gasteiger partial charge in [-0.15, -0.1) is 0 Å². The van der Waals surface area contributed by atoms with Crippen molar-refractivity contribution in [1.29, 1.82) is 0 Å². The van der Waals surface area contributed by atoms with Crippen LogP contribution in [0.2, 0.25) is 5.02 Å². The summed E-state index contributed by atoms with van der Waals surface area (Å²) in [4.78, 5) is 22.8. The first-order valence-electron chi connectivity index (χ1n) is 7.51. The molecule has 0 amide bonds. The molecule has 1 atom stereocenters. The molecular weight excluding hydrogens is 302 g/mol. The van der Waals surface area contributed by atoms with Gasteiger partial charge in [-0.1, -0.05) is 11.6 Å². The monoisotopic (exact) mass is 319 g/mol. The zero-order valence-electron chi connectivity index (χ0n) is 12.5. The Balaban J connectivity index is 1.89. The molecule has 3 rings (SSSR count). The molecule has 2 heterocycles. The fourth-order valence-electron chi connectivity index (χ4n) is 2.89. The van der Waals surface area contributed by atoms with Gasteiger partial charge in [0.25, 0.3) is 0 Å². The Hall–Kier alpha value is -1.88. The van der Waals surface area contributed by atoms with Crippen LogP contribution in [-0.4, -0.2) is 35.6 Å². The largest absolute Gasteiger partial charge is 0.466 e. The molecule has 116 valence electrons. The average Bonchev–Trinajstić information content (AvgIpc) is 2.54. The van der Waals surface area contributed by atoms with Crippen LogP contribution < -0.4 is 4.90 Å². The molecule has 0 spiro atoms. The van der Waals surface area contributed by atoms with Crippen molar-refractivity contribution < 1.29 is 9.53 Å². The van der Waals surface area contributed by atoms with Crippen molar-refractivity contribution >= 4 is 34.3 Å². The van der Waals surface area contributed by atoms with Crippen LogP contribution in [0.3, 0.4) is 0 Å². The molecule has 1 aliphatic heterocycles. The van der Waals surface area contributed by atoms with E-state index in [0.717, 1.165) is 36.1 Å². The standard InChI is InChI=1S/C16H18ClN3O2/c1-2-22-16(21)11-4-3-7-20(9-11)15-13-6-5-12(17)8-14(13)18-10-19-15/h5-6,8,10-11H,2-4,7,9H2,1H3. The van der Waals surface area contributed by atoms with Crippen molar-refractivity contribution in [3.05, 3.63) is 29.5 Å². The highest BCUT2D eigenvalue weighted by Crippen LogP contribution is 2.29. The number of aromatic nitrogens is 2. The number of piperidine rings is 1. The number of hydrogen-bond acceptors (Lipinski definition) is 5. The molecule has 1 saturated heterocycles. The van der Waals surface area contributed by atoms with Crippen LogP contribution in [0.5, 0.6) is 0 Å². The number of anilines is 1. The Morgan fingerprint density at radius 2 is 2.32 bits per heavy atom. The third-order valence-electron chi connectivity index (χ3n) is 3.92. The van der Waals surface area contributed by atoms with Gasteiger partial charge in [0.05, 0.1) is 18.0 Å². The predicted molar refractivity (Wildman–Crippen MR) is 86.1 cm³/mol. The van der Waals surface area contributed by atoms with Crippen LogP contribution in [0.15, 0.2) is 24.5 Å². The molecule has 1 fully saturated rings. The molecule has 0 radical (unpaired) electrons. The molecule has 1 aromatic carbocycles. The second kappa shape index (κ2) is 6.48. The molecule has 1 aromatic heterocycles. The highest BCUT2D eigenvalue weighted by atomic mass is 35.5. The molecule has 1 unspecified atom stereocenters. The molecule has 5 nitrogen and oxygen atoms in total. The molecular formula is C16H18ClN3O2. The Kier molecular flexibility index (Phi) is 4.43. The molecule has 2 aromatic rings. The van der Waals surface area contributed by atoms with Gasteiger partial charge in [-0.05, 0) is 38.0 Å². The van der Waals surface area contributed by atoms with Gasteiger partial charge in [0.2, 0.25) is 0 Å². The normalized spacial score (nSPS) is 18.5. The number of benzene rings is 1. The second-order valence-corrected chi connectivity index (χ2v) is 5.83. The molecule has 0 aliphatic carbocycles. The van der Waals surface area contributed by atoms with Crippen LogP contribution in [0.1, 0.15) is 19.8 Å². The lowest BCUT2D eigenvalue weighted by Gasteiger charge is -2.32. The van der Waals surface area contributed by atoms with Crippen LogP contribution in [-0.2, 0) is 9.53 Å². The highest BCUT2D eigenvalue weighted by molar-refractivity contribution is 6.31. The van der Waals surface area contributed by atoms with E-state index in [4.69, 9.17) is 16.3 Å². The topological polar surface area (TPSA) is 55.3 Å². The zero-order valence-corrected chi connectivity index (χ0v) is 13.2. The summed E-state index contributed by atoms with van der Waals surface area (Å²) in [6.07, 6.45) is 3.36. The molecule has 6 heteroatoms. The molecule has 0 bridgehead atoms. The molecule has 0 N–H and O–H groups in total. The number of carbonyl (C=O) groups excluding carboxylic acids is 1. The SMILES string of the molecule is CCOC(=O)C1CCCN(c2ncnc3cc(Cl)ccc23)C1. The van der Waals surface area contributed by atoms with Gasteiger partial charge in [-0.3, -0.25) is 4.79 Å². The predicted octanol–water partition coefficient (Wildman–Crippen LogP) is 3.06. The summed E-state index contributed by atoms with van der Waals surface area (Å²) in [5.41, 5.74) is 0.816. The molecule has 0 saturated carbocycles. The quantitative estimate of drug-likeness (QED) is 0.814. The Labute approximate surface area is 134 Å². The fraction of sp³-hybridized carbons (Fsp3) is 0.438. The van der Waals surface area contributed by atoms with Crippen LogP contribution in [0, 0.1) is 5.92 Å². The summed E-state index contributed by atoms with van der Waals surface area (Å²) < 4.78 is 5.15. The average molecular weight is 320 g/mol. The minimum absolute atomic E-state index is 0.0917. The van der Waals surface area contributed by atoms with Gasteiger partial charge in [0, 0.05) is 23.5 Å². The summed E-state index contributed by atoms with van der Waals surface area (Å²) in [6.45, 7) is 3.77. The van der Waals surface area contributed by atoms with E-state index in [1.807, 2.05) is 25.1 Å². The van der Waals surface area contributed by atoms with Gasteiger partial charge >= 0.3 is 5.97 Å². The Morgan fingerprint density at radius 3 is 3.14 bits per heavy atom. The van der Waals surface area contributed by atoms with E-state index in [9.17, 15) is 4.79 Å². The number of hydrogen-bond donors (Lipinski definition) is 0. The van der Waals surface area contributed by atoms with E-state index in [2.05, 4.69) is 14.9 Å². The lowest BCUT2D eigenvalue weighted by Crippen LogP contribution is -2.40. The van der Waals surface area contributed by atoms with Gasteiger partial charge < -0.3 is 9.64 Å². The van der Waals surface area contributed by atoms with E-state index in [1.54, 1.807) is 6.33 Å². The summed E-state index contributed by atoms with van der Waals surface area (Å²) >= 11 is 6.02. The van der Waals surface area contributed by atoms with Gasteiger partial charge in [-0.2, -0.15) is 0 Å². The minimum Gasteiger partial charge on any atom is -0.466 e. The number of ether oxygens (including phenoxy) is 1. The molecule has 1 aliphatic rings. The van der Waals surface area contributed by atoms with Crippen LogP contribution >= 0.6 is 11.6 Å². The summed E-state index contributed by atoms with van der Waals surface area (Å²) in [6, 6.07) is 5.60. The molecule has 22 heavy (non-hydrogen) atoms. The van der Waals surface area contributed by atoms with E-state index in [0.29, 0.717) is 18.2 Å². The highest BCUT2D eigenvalue weighted by Gasteiger charge is 2.28. The lowest BCUT2D eigenvalue weighted by molar-refractivity contribution is -0.148. The maximum Gasteiger partial charge on any atom is 0.310 e.